The van der Waals surface area contributed by atoms with Gasteiger partial charge in [0.15, 0.2) is 0 Å². The summed E-state index contributed by atoms with van der Waals surface area (Å²) in [6.07, 6.45) is 7.34. The fourth-order valence-electron chi connectivity index (χ4n) is 6.64. The Labute approximate surface area is 253 Å². The normalized spacial score (nSPS) is 20.0. The van der Waals surface area contributed by atoms with Gasteiger partial charge in [0.2, 0.25) is 10.0 Å². The van der Waals surface area contributed by atoms with Gasteiger partial charge in [0.1, 0.15) is 5.82 Å². The molecular weight excluding hydrogens is 558 g/mol. The molecule has 2 aromatic heterocycles. The Morgan fingerprint density at radius 2 is 1.67 bits per heavy atom. The van der Waals surface area contributed by atoms with Gasteiger partial charge >= 0.3 is 0 Å². The van der Waals surface area contributed by atoms with Crippen molar-refractivity contribution in [2.24, 2.45) is 5.73 Å². The molecule has 3 aliphatic rings. The van der Waals surface area contributed by atoms with Gasteiger partial charge in [-0.3, -0.25) is 4.98 Å². The van der Waals surface area contributed by atoms with Gasteiger partial charge in [0.25, 0.3) is 0 Å². The number of pyridine rings is 2. The van der Waals surface area contributed by atoms with Crippen LogP contribution in [0, 0.1) is 0 Å². The number of likely N-dealkylation sites (N-methyl/N-ethyl adjacent to an activating group) is 1. The fourth-order valence-corrected chi connectivity index (χ4v) is 8.07. The van der Waals surface area contributed by atoms with E-state index in [1.165, 1.54) is 35.2 Å². The van der Waals surface area contributed by atoms with Crippen LogP contribution in [0.3, 0.4) is 0 Å². The SMILES string of the molecule is CN1CCN(S(=O)(=O)c2ccc(Nc3cc(-c4ccc5nc6c(c(N7CC[C@@H](N)C7)c5c4)CCCC6)ccn3)cc2)CC1. The van der Waals surface area contributed by atoms with Gasteiger partial charge in [0.05, 0.1) is 16.1 Å². The van der Waals surface area contributed by atoms with E-state index in [0.29, 0.717) is 23.8 Å². The summed E-state index contributed by atoms with van der Waals surface area (Å²) in [5.74, 6) is 0.696. The molecule has 0 saturated carbocycles. The molecule has 43 heavy (non-hydrogen) atoms. The molecule has 4 heterocycles. The highest BCUT2D eigenvalue weighted by atomic mass is 32.2. The van der Waals surface area contributed by atoms with E-state index >= 15 is 0 Å². The molecule has 2 saturated heterocycles. The van der Waals surface area contributed by atoms with Crippen LogP contribution in [0.5, 0.6) is 0 Å². The van der Waals surface area contributed by atoms with Crippen molar-refractivity contribution in [3.05, 3.63) is 72.1 Å². The topological polar surface area (TPSA) is 108 Å². The van der Waals surface area contributed by atoms with Crippen LogP contribution < -0.4 is 16.0 Å². The monoisotopic (exact) mass is 597 g/mol. The number of aryl methyl sites for hydroxylation is 1. The van der Waals surface area contributed by atoms with Gasteiger partial charge in [-0.25, -0.2) is 13.4 Å². The largest absolute Gasteiger partial charge is 0.369 e. The van der Waals surface area contributed by atoms with Crippen molar-refractivity contribution in [3.63, 3.8) is 0 Å². The number of nitrogens with zero attached hydrogens (tertiary/aromatic N) is 5. The number of sulfonamides is 1. The first-order valence-electron chi connectivity index (χ1n) is 15.3. The van der Waals surface area contributed by atoms with Crippen molar-refractivity contribution >= 4 is 38.1 Å². The van der Waals surface area contributed by atoms with Crippen molar-refractivity contribution in [2.75, 3.05) is 56.5 Å². The maximum atomic E-state index is 13.1. The zero-order chi connectivity index (χ0) is 29.6. The highest BCUT2D eigenvalue weighted by Crippen LogP contribution is 2.39. The first-order valence-corrected chi connectivity index (χ1v) is 16.8. The molecule has 1 aliphatic carbocycles. The molecule has 0 radical (unpaired) electrons. The predicted molar refractivity (Wildman–Crippen MR) is 172 cm³/mol. The molecule has 0 spiro atoms. The standard InChI is InChI=1S/C33H39N7O2S/c1-38-16-18-40(19-17-38)43(41,42)27-9-7-26(8-10-27)36-32-21-24(12-14-35-32)23-6-11-31-29(20-23)33(39-15-13-25(34)22-39)28-4-2-3-5-30(28)37-31/h6-12,14,20-21,25H,2-5,13,15-19,22,34H2,1H3,(H,35,36)/t25-/m1/s1. The molecule has 2 fully saturated rings. The van der Waals surface area contributed by atoms with Crippen LogP contribution in [0.1, 0.15) is 30.5 Å². The van der Waals surface area contributed by atoms with Crippen molar-refractivity contribution in [2.45, 2.75) is 43.0 Å². The predicted octanol–water partition coefficient (Wildman–Crippen LogP) is 4.39. The summed E-state index contributed by atoms with van der Waals surface area (Å²) in [5, 5.41) is 4.55. The van der Waals surface area contributed by atoms with Crippen LogP contribution in [0.15, 0.2) is 65.7 Å². The number of nitrogens with one attached hydrogen (secondary N) is 1. The minimum atomic E-state index is -3.51. The molecule has 7 rings (SSSR count). The lowest BCUT2D eigenvalue weighted by molar-refractivity contribution is 0.222. The molecule has 2 aliphatic heterocycles. The summed E-state index contributed by atoms with van der Waals surface area (Å²) >= 11 is 0. The van der Waals surface area contributed by atoms with Gasteiger partial charge in [-0.15, -0.1) is 0 Å². The molecule has 9 nitrogen and oxygen atoms in total. The van der Waals surface area contributed by atoms with E-state index in [-0.39, 0.29) is 6.04 Å². The van der Waals surface area contributed by atoms with Crippen molar-refractivity contribution in [1.82, 2.24) is 19.2 Å². The zero-order valence-corrected chi connectivity index (χ0v) is 25.5. The van der Waals surface area contributed by atoms with E-state index in [1.54, 1.807) is 34.8 Å². The molecule has 224 valence electrons. The number of aromatic nitrogens is 2. The van der Waals surface area contributed by atoms with Crippen LogP contribution in [-0.2, 0) is 22.9 Å². The third kappa shape index (κ3) is 5.60. The van der Waals surface area contributed by atoms with E-state index < -0.39 is 10.0 Å². The highest BCUT2D eigenvalue weighted by Gasteiger charge is 2.28. The molecule has 1 atom stereocenters. The van der Waals surface area contributed by atoms with E-state index in [0.717, 1.165) is 67.8 Å². The van der Waals surface area contributed by atoms with Crippen LogP contribution in [-0.4, -0.2) is 79.9 Å². The van der Waals surface area contributed by atoms with Crippen molar-refractivity contribution < 1.29 is 8.42 Å². The molecular formula is C33H39N7O2S. The smallest absolute Gasteiger partial charge is 0.243 e. The first-order chi connectivity index (χ1) is 20.8. The Morgan fingerprint density at radius 1 is 0.907 bits per heavy atom. The van der Waals surface area contributed by atoms with Crippen LogP contribution in [0.2, 0.25) is 0 Å². The number of anilines is 3. The van der Waals surface area contributed by atoms with Crippen molar-refractivity contribution in [3.8, 4) is 11.1 Å². The third-order valence-corrected chi connectivity index (χ3v) is 11.0. The van der Waals surface area contributed by atoms with E-state index in [1.807, 2.05) is 19.2 Å². The van der Waals surface area contributed by atoms with Crippen molar-refractivity contribution in [1.29, 1.82) is 0 Å². The third-order valence-electron chi connectivity index (χ3n) is 9.09. The van der Waals surface area contributed by atoms with Gasteiger partial charge in [-0.2, -0.15) is 4.31 Å². The van der Waals surface area contributed by atoms with Crippen LogP contribution in [0.4, 0.5) is 17.2 Å². The summed E-state index contributed by atoms with van der Waals surface area (Å²) in [6, 6.07) is 17.8. The Balaban J connectivity index is 1.16. The molecule has 10 heteroatoms. The second-order valence-electron chi connectivity index (χ2n) is 12.1. The average molecular weight is 598 g/mol. The first kappa shape index (κ1) is 28.2. The molecule has 4 aromatic rings. The summed E-state index contributed by atoms with van der Waals surface area (Å²) < 4.78 is 27.8. The van der Waals surface area contributed by atoms with Gasteiger partial charge < -0.3 is 20.9 Å². The number of hydrogen-bond donors (Lipinski definition) is 2. The maximum Gasteiger partial charge on any atom is 0.243 e. The molecule has 2 aromatic carbocycles. The fraction of sp³-hybridized carbons (Fsp3) is 0.394. The Hall–Kier alpha value is -3.57. The van der Waals surface area contributed by atoms with E-state index in [9.17, 15) is 8.42 Å². The van der Waals surface area contributed by atoms with E-state index in [2.05, 4.69) is 38.3 Å². The lowest BCUT2D eigenvalue weighted by atomic mass is 9.91. The van der Waals surface area contributed by atoms with Gasteiger partial charge in [-0.05, 0) is 104 Å². The lowest BCUT2D eigenvalue weighted by Crippen LogP contribution is -2.46. The maximum absolute atomic E-state index is 13.1. The highest BCUT2D eigenvalue weighted by molar-refractivity contribution is 7.89. The number of benzene rings is 2. The number of nitrogens with two attached hydrogens (primary N) is 1. The number of fused-ring (bicyclic) bond motifs is 2. The van der Waals surface area contributed by atoms with Crippen LogP contribution >= 0.6 is 0 Å². The zero-order valence-electron chi connectivity index (χ0n) is 24.7. The quantitative estimate of drug-likeness (QED) is 0.337. The number of rotatable bonds is 6. The summed E-state index contributed by atoms with van der Waals surface area (Å²) in [7, 11) is -1.49. The van der Waals surface area contributed by atoms with Gasteiger partial charge in [0, 0.05) is 68.3 Å². The van der Waals surface area contributed by atoms with Gasteiger partial charge in [-0.1, -0.05) is 6.07 Å². The van der Waals surface area contributed by atoms with Crippen LogP contribution in [0.25, 0.3) is 22.0 Å². The minimum Gasteiger partial charge on any atom is -0.369 e. The average Bonchev–Trinajstić information content (AvgIpc) is 3.45. The van der Waals surface area contributed by atoms with E-state index in [4.69, 9.17) is 10.7 Å². The Kier molecular flexibility index (Phi) is 7.54. The summed E-state index contributed by atoms with van der Waals surface area (Å²) in [5.41, 5.74) is 14.3. The molecule has 3 N–H and O–H groups in total. The second kappa shape index (κ2) is 11.5. The second-order valence-corrected chi connectivity index (χ2v) is 14.0. The lowest BCUT2D eigenvalue weighted by Gasteiger charge is -2.31. The summed E-state index contributed by atoms with van der Waals surface area (Å²) in [6.45, 7) is 4.37. The minimum absolute atomic E-state index is 0.209. The Morgan fingerprint density at radius 3 is 2.44 bits per heavy atom. The molecule has 0 bridgehead atoms. The number of piperazine rings is 1. The number of hydrogen-bond acceptors (Lipinski definition) is 8. The summed E-state index contributed by atoms with van der Waals surface area (Å²) in [4.78, 5) is 14.6. The Bertz CT molecular complexity index is 1750. The molecule has 0 unspecified atom stereocenters. The molecule has 0 amide bonds.